The fourth-order valence-corrected chi connectivity index (χ4v) is 3.89. The Hall–Kier alpha value is -3.99. The van der Waals surface area contributed by atoms with E-state index < -0.39 is 17.8 Å². The van der Waals surface area contributed by atoms with Crippen LogP contribution in [0.3, 0.4) is 0 Å². The van der Waals surface area contributed by atoms with Gasteiger partial charge in [-0.15, -0.1) is 0 Å². The van der Waals surface area contributed by atoms with Gasteiger partial charge in [-0.05, 0) is 48.1 Å². The van der Waals surface area contributed by atoms with Gasteiger partial charge in [0, 0.05) is 13.1 Å². The predicted molar refractivity (Wildman–Crippen MR) is 128 cm³/mol. The van der Waals surface area contributed by atoms with Gasteiger partial charge in [-0.1, -0.05) is 84.9 Å². The molecule has 0 radical (unpaired) electrons. The lowest BCUT2D eigenvalue weighted by atomic mass is 10.0. The van der Waals surface area contributed by atoms with Gasteiger partial charge in [0.05, 0.1) is 0 Å². The minimum absolute atomic E-state index is 0.0185. The van der Waals surface area contributed by atoms with Crippen LogP contribution in [0.5, 0.6) is 0 Å². The number of aryl methyl sites for hydroxylation is 1. The Bertz CT molecular complexity index is 1120. The molecule has 4 rings (SSSR count). The molecule has 0 saturated carbocycles. The van der Waals surface area contributed by atoms with E-state index in [0.717, 1.165) is 22.3 Å². The molecule has 0 N–H and O–H groups in total. The maximum Gasteiger partial charge on any atom is 0.333 e. The molecule has 0 bridgehead atoms. The molecule has 1 aliphatic heterocycles. The van der Waals surface area contributed by atoms with Crippen molar-refractivity contribution in [3.8, 4) is 0 Å². The van der Waals surface area contributed by atoms with Crippen molar-refractivity contribution in [1.29, 1.82) is 0 Å². The molecular formula is C28H26N2O3. The normalized spacial score (nSPS) is 14.1. The second-order valence-corrected chi connectivity index (χ2v) is 8.08. The first-order valence-electron chi connectivity index (χ1n) is 11.1. The zero-order chi connectivity index (χ0) is 23.2. The lowest BCUT2D eigenvalue weighted by Gasteiger charge is -2.34. The lowest BCUT2D eigenvalue weighted by Crippen LogP contribution is -2.57. The molecule has 1 heterocycles. The highest BCUT2D eigenvalue weighted by Crippen LogP contribution is 2.22. The lowest BCUT2D eigenvalue weighted by molar-refractivity contribution is -0.135. The number of benzene rings is 3. The van der Waals surface area contributed by atoms with Gasteiger partial charge in [-0.2, -0.15) is 0 Å². The molecule has 1 saturated heterocycles. The molecule has 33 heavy (non-hydrogen) atoms. The van der Waals surface area contributed by atoms with Crippen LogP contribution in [0.4, 0.5) is 4.79 Å². The molecule has 0 aromatic heterocycles. The summed E-state index contributed by atoms with van der Waals surface area (Å²) in [6.45, 7) is 2.35. The summed E-state index contributed by atoms with van der Waals surface area (Å²) in [5.74, 6) is -1.08. The van der Waals surface area contributed by atoms with E-state index in [1.165, 1.54) is 9.80 Å². The molecule has 5 nitrogen and oxygen atoms in total. The third-order valence-corrected chi connectivity index (χ3v) is 5.84. The number of barbiturate groups is 1. The number of hydrogen-bond donors (Lipinski definition) is 0. The Labute approximate surface area is 194 Å². The summed E-state index contributed by atoms with van der Waals surface area (Å²) >= 11 is 0. The highest BCUT2D eigenvalue weighted by molar-refractivity contribution is 6.30. The van der Waals surface area contributed by atoms with Crippen molar-refractivity contribution in [1.82, 2.24) is 9.80 Å². The van der Waals surface area contributed by atoms with Gasteiger partial charge in [-0.3, -0.25) is 19.4 Å². The molecule has 0 unspecified atom stereocenters. The maximum absolute atomic E-state index is 13.3. The van der Waals surface area contributed by atoms with Crippen molar-refractivity contribution in [3.05, 3.63) is 113 Å². The third-order valence-electron chi connectivity index (χ3n) is 5.84. The largest absolute Gasteiger partial charge is 0.333 e. The first kappa shape index (κ1) is 22.2. The van der Waals surface area contributed by atoms with E-state index in [0.29, 0.717) is 12.8 Å². The average Bonchev–Trinajstić information content (AvgIpc) is 2.84. The van der Waals surface area contributed by atoms with Crippen LogP contribution < -0.4 is 0 Å². The summed E-state index contributed by atoms with van der Waals surface area (Å²) < 4.78 is 0. The van der Waals surface area contributed by atoms with E-state index in [9.17, 15) is 14.4 Å². The van der Waals surface area contributed by atoms with Gasteiger partial charge in [-0.25, -0.2) is 4.79 Å². The number of hydrogen-bond acceptors (Lipinski definition) is 3. The van der Waals surface area contributed by atoms with Crippen LogP contribution in [-0.2, 0) is 22.4 Å². The third kappa shape index (κ3) is 5.09. The van der Waals surface area contributed by atoms with Crippen LogP contribution in [0.15, 0.2) is 90.5 Å². The quantitative estimate of drug-likeness (QED) is 0.398. The molecule has 0 spiro atoms. The van der Waals surface area contributed by atoms with Crippen molar-refractivity contribution < 1.29 is 14.4 Å². The van der Waals surface area contributed by atoms with E-state index in [-0.39, 0.29) is 18.7 Å². The van der Waals surface area contributed by atoms with Crippen LogP contribution in [0.2, 0.25) is 0 Å². The van der Waals surface area contributed by atoms with E-state index in [2.05, 4.69) is 0 Å². The number of imide groups is 2. The summed E-state index contributed by atoms with van der Waals surface area (Å²) in [5, 5.41) is 0. The molecule has 3 aromatic rings. The summed E-state index contributed by atoms with van der Waals surface area (Å²) in [4.78, 5) is 42.2. The van der Waals surface area contributed by atoms with E-state index >= 15 is 0 Å². The van der Waals surface area contributed by atoms with Crippen LogP contribution in [0.1, 0.15) is 22.3 Å². The van der Waals surface area contributed by atoms with Gasteiger partial charge >= 0.3 is 6.03 Å². The minimum atomic E-state index is -0.557. The standard InChI is InChI=1S/C28H26N2O3/c1-21-10-8-9-15-24(21)20-25-26(31)29(18-16-22-11-4-2-5-12-22)28(33)30(27(25)32)19-17-23-13-6-3-7-14-23/h2-15,20H,16-19H2,1H3. The SMILES string of the molecule is Cc1ccccc1C=C1C(=O)N(CCc2ccccc2)C(=O)N(CCc2ccccc2)C1=O. The number of carbonyl (C=O) groups is 3. The first-order valence-corrected chi connectivity index (χ1v) is 11.1. The molecule has 166 valence electrons. The van der Waals surface area contributed by atoms with Gasteiger partial charge in [0.15, 0.2) is 0 Å². The molecule has 1 fully saturated rings. The van der Waals surface area contributed by atoms with E-state index in [4.69, 9.17) is 0 Å². The van der Waals surface area contributed by atoms with Gasteiger partial charge in [0.25, 0.3) is 11.8 Å². The van der Waals surface area contributed by atoms with Crippen molar-refractivity contribution in [2.45, 2.75) is 19.8 Å². The average molecular weight is 439 g/mol. The fourth-order valence-electron chi connectivity index (χ4n) is 3.89. The molecule has 0 atom stereocenters. The number of carbonyl (C=O) groups excluding carboxylic acids is 3. The van der Waals surface area contributed by atoms with Gasteiger partial charge in [0.1, 0.15) is 5.57 Å². The van der Waals surface area contributed by atoms with Crippen LogP contribution in [-0.4, -0.2) is 40.7 Å². The molecule has 5 heteroatoms. The number of nitrogens with zero attached hydrogens (tertiary/aromatic N) is 2. The highest BCUT2D eigenvalue weighted by Gasteiger charge is 2.41. The van der Waals surface area contributed by atoms with E-state index in [1.807, 2.05) is 91.9 Å². The highest BCUT2D eigenvalue weighted by atomic mass is 16.2. The van der Waals surface area contributed by atoms with E-state index in [1.54, 1.807) is 6.08 Å². The van der Waals surface area contributed by atoms with Crippen LogP contribution >= 0.6 is 0 Å². The Balaban J connectivity index is 1.63. The number of urea groups is 1. The monoisotopic (exact) mass is 438 g/mol. The number of amides is 4. The Morgan fingerprint density at radius 2 is 1.09 bits per heavy atom. The first-order chi connectivity index (χ1) is 16.0. The molecule has 4 amide bonds. The molecule has 3 aromatic carbocycles. The molecular weight excluding hydrogens is 412 g/mol. The van der Waals surface area contributed by atoms with Crippen LogP contribution in [0, 0.1) is 6.92 Å². The van der Waals surface area contributed by atoms with Crippen molar-refractivity contribution in [2.24, 2.45) is 0 Å². The van der Waals surface area contributed by atoms with Crippen molar-refractivity contribution >= 4 is 23.9 Å². The number of rotatable bonds is 7. The van der Waals surface area contributed by atoms with Crippen molar-refractivity contribution in [2.75, 3.05) is 13.1 Å². The smallest absolute Gasteiger partial charge is 0.268 e. The molecule has 0 aliphatic carbocycles. The summed E-state index contributed by atoms with van der Waals surface area (Å²) in [5.41, 5.74) is 3.80. The summed E-state index contributed by atoms with van der Waals surface area (Å²) in [6, 6.07) is 26.4. The topological polar surface area (TPSA) is 57.7 Å². The second-order valence-electron chi connectivity index (χ2n) is 8.08. The second kappa shape index (κ2) is 10.1. The van der Waals surface area contributed by atoms with Crippen molar-refractivity contribution in [3.63, 3.8) is 0 Å². The maximum atomic E-state index is 13.3. The summed E-state index contributed by atoms with van der Waals surface area (Å²) in [7, 11) is 0. The zero-order valence-electron chi connectivity index (χ0n) is 18.6. The Morgan fingerprint density at radius 3 is 1.58 bits per heavy atom. The fraction of sp³-hybridized carbons (Fsp3) is 0.179. The van der Waals surface area contributed by atoms with Gasteiger partial charge < -0.3 is 0 Å². The Kier molecular flexibility index (Phi) is 6.79. The molecule has 1 aliphatic rings. The minimum Gasteiger partial charge on any atom is -0.268 e. The predicted octanol–water partition coefficient (Wildman–Crippen LogP) is 4.65. The van der Waals surface area contributed by atoms with Crippen LogP contribution in [0.25, 0.3) is 6.08 Å². The summed E-state index contributed by atoms with van der Waals surface area (Å²) in [6.07, 6.45) is 2.66. The van der Waals surface area contributed by atoms with Gasteiger partial charge in [0.2, 0.25) is 0 Å². The Morgan fingerprint density at radius 1 is 0.636 bits per heavy atom. The zero-order valence-corrected chi connectivity index (χ0v) is 18.6.